The van der Waals surface area contributed by atoms with Crippen LogP contribution in [0, 0.1) is 11.8 Å². The van der Waals surface area contributed by atoms with Crippen LogP contribution in [0.2, 0.25) is 0 Å². The van der Waals surface area contributed by atoms with Gasteiger partial charge in [0.05, 0.1) is 16.3 Å². The summed E-state index contributed by atoms with van der Waals surface area (Å²) in [4.78, 5) is 31.8. The normalized spacial score (nSPS) is 13.0. The number of nitrogens with zero attached hydrogens (tertiary/aromatic N) is 5. The van der Waals surface area contributed by atoms with Crippen molar-refractivity contribution in [3.05, 3.63) is 118 Å². The zero-order valence-electron chi connectivity index (χ0n) is 27.2. The second kappa shape index (κ2) is 13.0. The molecule has 1 aliphatic heterocycles. The highest BCUT2D eigenvalue weighted by Gasteiger charge is 2.26. The smallest absolute Gasteiger partial charge is 0.410 e. The number of aromatic nitrogens is 4. The number of pyridine rings is 1. The molecule has 6 rings (SSSR count). The number of sulfone groups is 1. The quantitative estimate of drug-likeness (QED) is 0.262. The summed E-state index contributed by atoms with van der Waals surface area (Å²) in [6.07, 6.45) is 7.39. The van der Waals surface area contributed by atoms with E-state index in [-0.39, 0.29) is 40.3 Å². The average Bonchev–Trinajstić information content (AvgIpc) is 3.68. The van der Waals surface area contributed by atoms with Crippen LogP contribution < -0.4 is 5.32 Å². The fraction of sp³-hybridized carbons (Fsp3) is 0.278. The summed E-state index contributed by atoms with van der Waals surface area (Å²) in [5, 5.41) is 7.14. The van der Waals surface area contributed by atoms with Gasteiger partial charge >= 0.3 is 6.09 Å². The summed E-state index contributed by atoms with van der Waals surface area (Å²) in [5.74, 6) is 5.49. The van der Waals surface area contributed by atoms with Gasteiger partial charge in [0.2, 0.25) is 0 Å². The minimum absolute atomic E-state index is 0.0212. The SMILES string of the molecule is Cn1ccc(CS(=O)(=O)c2ccc(C(=O)NCc3ccn4ccnc4c3)cc2C#Cc2ccc3c(c2)CCN(C(=O)OC(C)(C)C)C3)n1. The summed E-state index contributed by atoms with van der Waals surface area (Å²) < 4.78 is 36.2. The molecule has 0 spiro atoms. The third kappa shape index (κ3) is 7.58. The molecule has 0 unspecified atom stereocenters. The molecule has 1 aliphatic rings. The molecule has 246 valence electrons. The maximum atomic E-state index is 13.6. The number of fused-ring (bicyclic) bond motifs is 2. The lowest BCUT2D eigenvalue weighted by Crippen LogP contribution is -2.39. The van der Waals surface area contributed by atoms with Crippen LogP contribution in [-0.2, 0) is 46.9 Å². The Morgan fingerprint density at radius 1 is 0.979 bits per heavy atom. The fourth-order valence-corrected chi connectivity index (χ4v) is 6.87. The van der Waals surface area contributed by atoms with Crippen molar-refractivity contribution in [1.82, 2.24) is 29.4 Å². The first-order chi connectivity index (χ1) is 22.8. The Morgan fingerprint density at radius 3 is 2.58 bits per heavy atom. The number of amides is 2. The van der Waals surface area contributed by atoms with Crippen molar-refractivity contribution in [3.63, 3.8) is 0 Å². The predicted molar refractivity (Wildman–Crippen MR) is 180 cm³/mol. The van der Waals surface area contributed by atoms with Crippen LogP contribution >= 0.6 is 0 Å². The molecular formula is C36H36N6O5S. The number of hydrogen-bond donors (Lipinski definition) is 1. The van der Waals surface area contributed by atoms with Crippen molar-refractivity contribution in [2.24, 2.45) is 7.05 Å². The van der Waals surface area contributed by atoms with E-state index >= 15 is 0 Å². The molecule has 0 aliphatic carbocycles. The molecule has 0 saturated heterocycles. The monoisotopic (exact) mass is 664 g/mol. The van der Waals surface area contributed by atoms with Gasteiger partial charge in [0.25, 0.3) is 5.91 Å². The zero-order valence-corrected chi connectivity index (χ0v) is 28.0. The molecule has 0 bridgehead atoms. The van der Waals surface area contributed by atoms with Crippen molar-refractivity contribution in [3.8, 4) is 11.8 Å². The topological polar surface area (TPSA) is 128 Å². The Kier molecular flexibility index (Phi) is 8.81. The Hall–Kier alpha value is -5.41. The van der Waals surface area contributed by atoms with Gasteiger partial charge in [-0.2, -0.15) is 5.10 Å². The number of nitrogens with one attached hydrogen (secondary N) is 1. The number of benzene rings is 2. The van der Waals surface area contributed by atoms with Crippen LogP contribution in [0.3, 0.4) is 0 Å². The number of rotatable bonds is 6. The number of hydrogen-bond acceptors (Lipinski definition) is 7. The molecule has 4 heterocycles. The molecule has 0 saturated carbocycles. The van der Waals surface area contributed by atoms with Crippen LogP contribution in [-0.4, -0.2) is 56.6 Å². The molecule has 48 heavy (non-hydrogen) atoms. The van der Waals surface area contributed by atoms with E-state index in [4.69, 9.17) is 4.74 Å². The number of carbonyl (C=O) groups is 2. The van der Waals surface area contributed by atoms with Gasteiger partial charge in [-0.1, -0.05) is 17.9 Å². The summed E-state index contributed by atoms with van der Waals surface area (Å²) in [5.41, 5.74) is 4.72. The molecule has 0 radical (unpaired) electrons. The van der Waals surface area contributed by atoms with Gasteiger partial charge in [-0.25, -0.2) is 18.2 Å². The van der Waals surface area contributed by atoms with Crippen molar-refractivity contribution in [2.75, 3.05) is 6.54 Å². The number of imidazole rings is 1. The minimum Gasteiger partial charge on any atom is -0.444 e. The first-order valence-electron chi connectivity index (χ1n) is 15.5. The Labute approximate surface area is 279 Å². The second-order valence-corrected chi connectivity index (χ2v) is 14.7. The number of ether oxygens (including phenoxy) is 1. The van der Waals surface area contributed by atoms with E-state index < -0.39 is 15.4 Å². The van der Waals surface area contributed by atoms with E-state index in [1.54, 1.807) is 35.1 Å². The van der Waals surface area contributed by atoms with E-state index in [1.807, 2.05) is 67.9 Å². The summed E-state index contributed by atoms with van der Waals surface area (Å²) in [7, 11) is -2.13. The van der Waals surface area contributed by atoms with Gasteiger partial charge in [-0.15, -0.1) is 0 Å². The maximum absolute atomic E-state index is 13.6. The maximum Gasteiger partial charge on any atom is 0.410 e. The third-order valence-corrected chi connectivity index (χ3v) is 9.51. The summed E-state index contributed by atoms with van der Waals surface area (Å²) >= 11 is 0. The standard InChI is InChI=1S/C36H36N6O5S/c1-36(2,3)47-35(44)42-17-12-27-19-25(6-8-30(27)23-42)5-7-28-21-29(9-10-32(28)48(45,46)24-31-13-15-40(4)39-31)34(43)38-22-26-11-16-41-18-14-37-33(41)20-26/h6,8-11,13-16,18-21H,12,17,22-24H2,1-4H3,(H,38,43). The summed E-state index contributed by atoms with van der Waals surface area (Å²) in [6.45, 7) is 6.74. The van der Waals surface area contributed by atoms with Crippen molar-refractivity contribution < 1.29 is 22.7 Å². The number of aryl methyl sites for hydroxylation is 1. The predicted octanol–water partition coefficient (Wildman–Crippen LogP) is 4.66. The molecule has 0 fully saturated rings. The Morgan fingerprint density at radius 2 is 1.81 bits per heavy atom. The Bertz CT molecular complexity index is 2200. The summed E-state index contributed by atoms with van der Waals surface area (Å²) in [6, 6.07) is 15.6. The minimum atomic E-state index is -3.86. The van der Waals surface area contributed by atoms with Crippen molar-refractivity contribution in [1.29, 1.82) is 0 Å². The van der Waals surface area contributed by atoms with Crippen LogP contribution in [0.25, 0.3) is 5.65 Å². The lowest BCUT2D eigenvalue weighted by molar-refractivity contribution is 0.0224. The lowest BCUT2D eigenvalue weighted by Gasteiger charge is -2.31. The van der Waals surface area contributed by atoms with Gasteiger partial charge in [0.1, 0.15) is 11.2 Å². The molecule has 5 aromatic rings. The van der Waals surface area contributed by atoms with Crippen LogP contribution in [0.15, 0.2) is 84.3 Å². The molecule has 3 aromatic heterocycles. The zero-order chi connectivity index (χ0) is 34.1. The molecule has 2 amide bonds. The molecule has 0 atom stereocenters. The molecule has 1 N–H and O–H groups in total. The van der Waals surface area contributed by atoms with Crippen LogP contribution in [0.1, 0.15) is 64.6 Å². The van der Waals surface area contributed by atoms with Crippen LogP contribution in [0.5, 0.6) is 0 Å². The Balaban J connectivity index is 1.26. The average molecular weight is 665 g/mol. The fourth-order valence-electron chi connectivity index (χ4n) is 5.45. The van der Waals surface area contributed by atoms with Gasteiger partial charge < -0.3 is 19.4 Å². The highest BCUT2D eigenvalue weighted by atomic mass is 32.2. The molecular weight excluding hydrogens is 629 g/mol. The van der Waals surface area contributed by atoms with E-state index in [0.29, 0.717) is 30.8 Å². The first kappa shape index (κ1) is 32.5. The largest absolute Gasteiger partial charge is 0.444 e. The van der Waals surface area contributed by atoms with Crippen LogP contribution in [0.4, 0.5) is 4.79 Å². The van der Waals surface area contributed by atoms with E-state index in [0.717, 1.165) is 22.3 Å². The van der Waals surface area contributed by atoms with Gasteiger partial charge in [0, 0.05) is 68.2 Å². The highest BCUT2D eigenvalue weighted by molar-refractivity contribution is 7.90. The van der Waals surface area contributed by atoms with E-state index in [2.05, 4.69) is 27.2 Å². The van der Waals surface area contributed by atoms with Gasteiger partial charge in [0.15, 0.2) is 9.84 Å². The molecule has 12 heteroatoms. The highest BCUT2D eigenvalue weighted by Crippen LogP contribution is 2.24. The van der Waals surface area contributed by atoms with Gasteiger partial charge in [-0.3, -0.25) is 9.48 Å². The van der Waals surface area contributed by atoms with E-state index in [9.17, 15) is 18.0 Å². The third-order valence-electron chi connectivity index (χ3n) is 7.81. The van der Waals surface area contributed by atoms with E-state index in [1.165, 1.54) is 18.2 Å². The first-order valence-corrected chi connectivity index (χ1v) is 17.2. The molecule has 11 nitrogen and oxygen atoms in total. The number of carbonyl (C=O) groups excluding carboxylic acids is 2. The second-order valence-electron chi connectivity index (χ2n) is 12.7. The van der Waals surface area contributed by atoms with Crippen molar-refractivity contribution >= 4 is 27.5 Å². The molecule has 2 aromatic carbocycles. The lowest BCUT2D eigenvalue weighted by atomic mass is 9.97. The van der Waals surface area contributed by atoms with Gasteiger partial charge in [-0.05, 0) is 92.4 Å². The van der Waals surface area contributed by atoms with Crippen molar-refractivity contribution in [2.45, 2.75) is 56.5 Å².